The molecule has 152 valence electrons. The molecule has 7 nitrogen and oxygen atoms in total. The summed E-state index contributed by atoms with van der Waals surface area (Å²) in [5.41, 5.74) is 7.88. The highest BCUT2D eigenvalue weighted by Crippen LogP contribution is 2.20. The van der Waals surface area contributed by atoms with Gasteiger partial charge >= 0.3 is 0 Å². The summed E-state index contributed by atoms with van der Waals surface area (Å²) in [6.45, 7) is 4.26. The number of nitrogens with one attached hydrogen (secondary N) is 1. The molecule has 29 heavy (non-hydrogen) atoms. The highest BCUT2D eigenvalue weighted by molar-refractivity contribution is 7.89. The van der Waals surface area contributed by atoms with E-state index in [9.17, 15) is 13.2 Å². The molecular weight excluding hydrogens is 388 g/mol. The first kappa shape index (κ1) is 20.6. The average Bonchev–Trinajstić information content (AvgIpc) is 2.99. The van der Waals surface area contributed by atoms with E-state index in [-0.39, 0.29) is 11.4 Å². The van der Waals surface area contributed by atoms with Crippen LogP contribution in [0.3, 0.4) is 0 Å². The van der Waals surface area contributed by atoms with Crippen LogP contribution in [0.2, 0.25) is 0 Å². The third-order valence-electron chi connectivity index (χ3n) is 4.40. The zero-order valence-electron chi connectivity index (χ0n) is 16.4. The van der Waals surface area contributed by atoms with Gasteiger partial charge < -0.3 is 10.3 Å². The molecule has 1 amide bonds. The van der Waals surface area contributed by atoms with Gasteiger partial charge in [-0.15, -0.1) is 0 Å². The lowest BCUT2D eigenvalue weighted by molar-refractivity contribution is -0.118. The number of primary amides is 1. The van der Waals surface area contributed by atoms with Crippen LogP contribution >= 0.6 is 0 Å². The van der Waals surface area contributed by atoms with Crippen molar-refractivity contribution in [2.75, 3.05) is 0 Å². The molecule has 0 saturated carbocycles. The Bertz CT molecular complexity index is 1150. The zero-order chi connectivity index (χ0) is 21.0. The van der Waals surface area contributed by atoms with E-state index in [1.807, 2.05) is 36.4 Å². The van der Waals surface area contributed by atoms with Crippen LogP contribution in [0.4, 0.5) is 0 Å². The second-order valence-electron chi connectivity index (χ2n) is 7.29. The maximum absolute atomic E-state index is 12.5. The summed E-state index contributed by atoms with van der Waals surface area (Å²) >= 11 is 0. The minimum Gasteiger partial charge on any atom is -0.368 e. The molecule has 0 fully saturated rings. The van der Waals surface area contributed by atoms with Gasteiger partial charge in [-0.2, -0.15) is 13.5 Å². The minimum absolute atomic E-state index is 0.0306. The Morgan fingerprint density at radius 1 is 1.17 bits per heavy atom. The molecule has 0 aliphatic carbocycles. The Kier molecular flexibility index (Phi) is 6.03. The molecule has 0 aliphatic rings. The molecule has 0 aliphatic heterocycles. The number of rotatable bonds is 8. The SMILES string of the molecule is CC(C)Cc1ccc(S(=O)(=O)NN=Cc2cn(CC(N)=O)c3ccccc23)cc1. The van der Waals surface area contributed by atoms with Crippen molar-refractivity contribution < 1.29 is 13.2 Å². The van der Waals surface area contributed by atoms with Gasteiger partial charge in [0.2, 0.25) is 5.91 Å². The largest absolute Gasteiger partial charge is 0.368 e. The van der Waals surface area contributed by atoms with Gasteiger partial charge in [0.1, 0.15) is 6.54 Å². The van der Waals surface area contributed by atoms with E-state index in [2.05, 4.69) is 23.8 Å². The third kappa shape index (κ3) is 5.03. The minimum atomic E-state index is -3.77. The van der Waals surface area contributed by atoms with Crippen molar-refractivity contribution >= 4 is 33.0 Å². The van der Waals surface area contributed by atoms with E-state index in [1.165, 1.54) is 6.21 Å². The fraction of sp³-hybridized carbons (Fsp3) is 0.238. The summed E-state index contributed by atoms with van der Waals surface area (Å²) < 4.78 is 26.7. The number of benzene rings is 2. The predicted octanol–water partition coefficient (Wildman–Crippen LogP) is 2.64. The second kappa shape index (κ2) is 8.48. The summed E-state index contributed by atoms with van der Waals surface area (Å²) in [6, 6.07) is 14.2. The number of fused-ring (bicyclic) bond motifs is 1. The summed E-state index contributed by atoms with van der Waals surface area (Å²) in [5.74, 6) is 0.0349. The number of sulfonamides is 1. The number of hydrazone groups is 1. The normalized spacial score (nSPS) is 12.1. The van der Waals surface area contributed by atoms with E-state index in [0.717, 1.165) is 22.9 Å². The molecule has 0 radical (unpaired) electrons. The van der Waals surface area contributed by atoms with Crippen molar-refractivity contribution in [3.05, 3.63) is 65.9 Å². The van der Waals surface area contributed by atoms with Crippen molar-refractivity contribution in [2.45, 2.75) is 31.7 Å². The summed E-state index contributed by atoms with van der Waals surface area (Å²) in [7, 11) is -3.77. The van der Waals surface area contributed by atoms with Crippen molar-refractivity contribution in [2.24, 2.45) is 16.8 Å². The van der Waals surface area contributed by atoms with Crippen LogP contribution in [-0.4, -0.2) is 25.1 Å². The molecular formula is C21H24N4O3S. The van der Waals surface area contributed by atoms with Crippen LogP contribution in [0.5, 0.6) is 0 Å². The maximum atomic E-state index is 12.5. The van der Waals surface area contributed by atoms with E-state index < -0.39 is 15.9 Å². The van der Waals surface area contributed by atoms with Crippen LogP contribution in [0.25, 0.3) is 10.9 Å². The van der Waals surface area contributed by atoms with E-state index in [0.29, 0.717) is 11.5 Å². The Morgan fingerprint density at radius 2 is 1.86 bits per heavy atom. The molecule has 0 spiro atoms. The number of para-hydroxylation sites is 1. The number of hydrogen-bond donors (Lipinski definition) is 2. The van der Waals surface area contributed by atoms with Gasteiger partial charge in [-0.05, 0) is 36.1 Å². The van der Waals surface area contributed by atoms with Crippen molar-refractivity contribution in [3.8, 4) is 0 Å². The van der Waals surface area contributed by atoms with E-state index in [1.54, 1.807) is 22.9 Å². The lowest BCUT2D eigenvalue weighted by Gasteiger charge is -2.07. The zero-order valence-corrected chi connectivity index (χ0v) is 17.2. The van der Waals surface area contributed by atoms with Gasteiger partial charge in [0.25, 0.3) is 10.0 Å². The lowest BCUT2D eigenvalue weighted by Crippen LogP contribution is -2.18. The van der Waals surface area contributed by atoms with Crippen LogP contribution in [0.1, 0.15) is 25.0 Å². The van der Waals surface area contributed by atoms with Crippen LogP contribution in [0.15, 0.2) is 64.7 Å². The molecule has 0 saturated heterocycles. The number of nitrogens with zero attached hydrogens (tertiary/aromatic N) is 2. The molecule has 0 unspecified atom stereocenters. The smallest absolute Gasteiger partial charge is 0.276 e. The summed E-state index contributed by atoms with van der Waals surface area (Å²) in [5, 5.41) is 4.75. The molecule has 3 aromatic rings. The van der Waals surface area contributed by atoms with E-state index >= 15 is 0 Å². The Balaban J connectivity index is 1.79. The van der Waals surface area contributed by atoms with Gasteiger partial charge in [0.05, 0.1) is 11.1 Å². The third-order valence-corrected chi connectivity index (χ3v) is 5.64. The fourth-order valence-corrected chi connectivity index (χ4v) is 3.96. The number of carbonyl (C=O) groups excluding carboxylic acids is 1. The van der Waals surface area contributed by atoms with Gasteiger partial charge in [-0.3, -0.25) is 4.79 Å². The van der Waals surface area contributed by atoms with Crippen molar-refractivity contribution in [3.63, 3.8) is 0 Å². The number of aromatic nitrogens is 1. The second-order valence-corrected chi connectivity index (χ2v) is 8.95. The monoisotopic (exact) mass is 412 g/mol. The fourth-order valence-electron chi connectivity index (χ4n) is 3.17. The molecule has 8 heteroatoms. The molecule has 0 atom stereocenters. The van der Waals surface area contributed by atoms with Gasteiger partial charge in [-0.1, -0.05) is 44.2 Å². The average molecular weight is 413 g/mol. The summed E-state index contributed by atoms with van der Waals surface area (Å²) in [4.78, 5) is 13.7. The molecule has 1 heterocycles. The van der Waals surface area contributed by atoms with Crippen molar-refractivity contribution in [1.29, 1.82) is 0 Å². The first-order chi connectivity index (χ1) is 13.8. The van der Waals surface area contributed by atoms with Crippen LogP contribution in [0, 0.1) is 5.92 Å². The maximum Gasteiger partial charge on any atom is 0.276 e. The Morgan fingerprint density at radius 3 is 2.52 bits per heavy atom. The first-order valence-corrected chi connectivity index (χ1v) is 10.7. The Hall–Kier alpha value is -3.13. The summed E-state index contributed by atoms with van der Waals surface area (Å²) in [6.07, 6.45) is 4.03. The van der Waals surface area contributed by atoms with Crippen LogP contribution < -0.4 is 10.6 Å². The number of nitrogens with two attached hydrogens (primary N) is 1. The highest BCUT2D eigenvalue weighted by Gasteiger charge is 2.13. The first-order valence-electron chi connectivity index (χ1n) is 9.26. The number of amides is 1. The number of carbonyl (C=O) groups is 1. The van der Waals surface area contributed by atoms with Crippen LogP contribution in [-0.2, 0) is 27.8 Å². The molecule has 1 aromatic heterocycles. The predicted molar refractivity (Wildman–Crippen MR) is 114 cm³/mol. The lowest BCUT2D eigenvalue weighted by atomic mass is 10.0. The molecule has 3 N–H and O–H groups in total. The topological polar surface area (TPSA) is 107 Å². The molecule has 2 aromatic carbocycles. The number of hydrogen-bond acceptors (Lipinski definition) is 4. The highest BCUT2D eigenvalue weighted by atomic mass is 32.2. The standard InChI is InChI=1S/C21H24N4O3S/c1-15(2)11-16-7-9-18(10-8-16)29(27,28)24-23-12-17-13-25(14-21(22)26)20-6-4-3-5-19(17)20/h3-10,12-13,15,24H,11,14H2,1-2H3,(H2,22,26). The van der Waals surface area contributed by atoms with Gasteiger partial charge in [0, 0.05) is 22.7 Å². The molecule has 0 bridgehead atoms. The van der Waals surface area contributed by atoms with Gasteiger partial charge in [0.15, 0.2) is 0 Å². The van der Waals surface area contributed by atoms with E-state index in [4.69, 9.17) is 5.73 Å². The van der Waals surface area contributed by atoms with Crippen molar-refractivity contribution in [1.82, 2.24) is 9.40 Å². The molecule has 3 rings (SSSR count). The Labute approximate surface area is 170 Å². The quantitative estimate of drug-likeness (QED) is 0.439. The van der Waals surface area contributed by atoms with Gasteiger partial charge in [-0.25, -0.2) is 4.83 Å².